The lowest BCUT2D eigenvalue weighted by Crippen LogP contribution is -2.38. The Labute approximate surface area is 109 Å². The van der Waals surface area contributed by atoms with E-state index in [2.05, 4.69) is 20.8 Å². The molecule has 0 aromatic heterocycles. The summed E-state index contributed by atoms with van der Waals surface area (Å²) >= 11 is 0. The monoisotopic (exact) mass is 250 g/mol. The van der Waals surface area contributed by atoms with Gasteiger partial charge >= 0.3 is 5.97 Å². The van der Waals surface area contributed by atoms with Crippen LogP contribution in [-0.4, -0.2) is 18.9 Å². The molecule has 3 nitrogen and oxygen atoms in total. The molecular weight excluding hydrogens is 228 g/mol. The Morgan fingerprint density at radius 3 is 2.44 bits per heavy atom. The van der Waals surface area contributed by atoms with Crippen molar-refractivity contribution in [2.24, 2.45) is 10.8 Å². The Hall–Kier alpha value is -1.12. The molecule has 0 heterocycles. The maximum atomic E-state index is 12.0. The lowest BCUT2D eigenvalue weighted by Gasteiger charge is -2.46. The van der Waals surface area contributed by atoms with Crippen LogP contribution >= 0.6 is 0 Å². The maximum Gasteiger partial charge on any atom is 0.341 e. The third-order valence-electron chi connectivity index (χ3n) is 4.61. The zero-order valence-corrected chi connectivity index (χ0v) is 11.8. The number of rotatable bonds is 1. The minimum Gasteiger partial charge on any atom is -0.465 e. The van der Waals surface area contributed by atoms with Gasteiger partial charge in [0.15, 0.2) is 5.78 Å². The first-order chi connectivity index (χ1) is 8.29. The number of esters is 1. The fraction of sp³-hybridized carbons (Fsp3) is 0.733. The molecule has 0 amide bonds. The number of methoxy groups -OCH3 is 1. The predicted octanol–water partition coefficient (Wildman–Crippen LogP) is 3.04. The molecule has 0 radical (unpaired) electrons. The average molecular weight is 250 g/mol. The van der Waals surface area contributed by atoms with E-state index in [1.807, 2.05) is 0 Å². The number of ketones is 1. The Kier molecular flexibility index (Phi) is 3.12. The molecule has 100 valence electrons. The fourth-order valence-corrected chi connectivity index (χ4v) is 3.23. The first-order valence-electron chi connectivity index (χ1n) is 6.64. The summed E-state index contributed by atoms with van der Waals surface area (Å²) in [4.78, 5) is 23.9. The van der Waals surface area contributed by atoms with E-state index in [-0.39, 0.29) is 16.6 Å². The third-order valence-corrected chi connectivity index (χ3v) is 4.61. The van der Waals surface area contributed by atoms with Gasteiger partial charge in [0.1, 0.15) is 5.57 Å². The van der Waals surface area contributed by atoms with Crippen LogP contribution in [0, 0.1) is 10.8 Å². The fourth-order valence-electron chi connectivity index (χ4n) is 3.23. The Balaban J connectivity index is 2.52. The molecule has 0 spiro atoms. The van der Waals surface area contributed by atoms with Crippen molar-refractivity contribution in [2.45, 2.75) is 52.9 Å². The third kappa shape index (κ3) is 2.11. The highest BCUT2D eigenvalue weighted by atomic mass is 16.5. The van der Waals surface area contributed by atoms with Crippen LogP contribution in [0.25, 0.3) is 0 Å². The second-order valence-electron chi connectivity index (χ2n) is 6.67. The molecule has 2 aliphatic rings. The van der Waals surface area contributed by atoms with Crippen LogP contribution in [0.1, 0.15) is 52.9 Å². The van der Waals surface area contributed by atoms with Gasteiger partial charge in [-0.2, -0.15) is 0 Å². The van der Waals surface area contributed by atoms with Gasteiger partial charge in [-0.05, 0) is 42.1 Å². The smallest absolute Gasteiger partial charge is 0.341 e. The number of hydrogen-bond donors (Lipinski definition) is 0. The van der Waals surface area contributed by atoms with Crippen molar-refractivity contribution >= 4 is 11.8 Å². The molecule has 0 aromatic rings. The highest BCUT2D eigenvalue weighted by molar-refractivity contribution is 6.18. The number of carbonyl (C=O) groups is 2. The first kappa shape index (κ1) is 13.3. The summed E-state index contributed by atoms with van der Waals surface area (Å²) in [6, 6.07) is 0. The van der Waals surface area contributed by atoms with Gasteiger partial charge in [0.25, 0.3) is 0 Å². The molecule has 0 saturated heterocycles. The first-order valence-corrected chi connectivity index (χ1v) is 6.64. The lowest BCUT2D eigenvalue weighted by molar-refractivity contribution is -0.138. The Morgan fingerprint density at radius 1 is 1.17 bits per heavy atom. The summed E-state index contributed by atoms with van der Waals surface area (Å²) in [6.07, 6.45) is 4.39. The van der Waals surface area contributed by atoms with E-state index in [1.165, 1.54) is 7.11 Å². The van der Waals surface area contributed by atoms with Crippen LogP contribution in [0.5, 0.6) is 0 Å². The van der Waals surface area contributed by atoms with E-state index in [1.54, 1.807) is 0 Å². The molecule has 0 unspecified atom stereocenters. The van der Waals surface area contributed by atoms with Crippen molar-refractivity contribution in [1.29, 1.82) is 0 Å². The van der Waals surface area contributed by atoms with Crippen LogP contribution in [-0.2, 0) is 14.3 Å². The largest absolute Gasteiger partial charge is 0.465 e. The second kappa shape index (κ2) is 4.22. The van der Waals surface area contributed by atoms with Crippen molar-refractivity contribution in [2.75, 3.05) is 7.11 Å². The minimum atomic E-state index is -0.446. The topological polar surface area (TPSA) is 43.4 Å². The van der Waals surface area contributed by atoms with Crippen LogP contribution in [0.3, 0.4) is 0 Å². The van der Waals surface area contributed by atoms with Crippen LogP contribution in [0.2, 0.25) is 0 Å². The molecule has 0 bridgehead atoms. The number of Topliss-reactive ketones (excluding diaryl/α,β-unsaturated/α-hetero) is 1. The summed E-state index contributed by atoms with van der Waals surface area (Å²) in [5.41, 5.74) is 1.58. The number of carbonyl (C=O) groups excluding carboxylic acids is 2. The summed E-state index contributed by atoms with van der Waals surface area (Å²) in [7, 11) is 1.35. The Morgan fingerprint density at radius 2 is 1.83 bits per heavy atom. The normalized spacial score (nSPS) is 31.0. The van der Waals surface area contributed by atoms with E-state index in [0.29, 0.717) is 12.0 Å². The molecule has 3 heteroatoms. The van der Waals surface area contributed by atoms with E-state index in [0.717, 1.165) is 31.3 Å². The van der Waals surface area contributed by atoms with Gasteiger partial charge in [0, 0.05) is 6.42 Å². The molecule has 18 heavy (non-hydrogen) atoms. The van der Waals surface area contributed by atoms with Gasteiger partial charge in [-0.1, -0.05) is 20.8 Å². The number of hydrogen-bond acceptors (Lipinski definition) is 3. The molecule has 0 N–H and O–H groups in total. The van der Waals surface area contributed by atoms with Crippen LogP contribution in [0.15, 0.2) is 11.1 Å². The maximum absolute atomic E-state index is 12.0. The minimum absolute atomic E-state index is 0.0208. The molecule has 1 fully saturated rings. The van der Waals surface area contributed by atoms with Gasteiger partial charge < -0.3 is 4.74 Å². The van der Waals surface area contributed by atoms with E-state index < -0.39 is 5.97 Å². The van der Waals surface area contributed by atoms with Crippen LogP contribution < -0.4 is 0 Å². The van der Waals surface area contributed by atoms with Gasteiger partial charge in [0.2, 0.25) is 0 Å². The SMILES string of the molecule is COC(=O)C1=C2CC(C)(C)CC[C@]2(C)CCC1=O. The number of allylic oxidation sites excluding steroid dienone is 1. The number of fused-ring (bicyclic) bond motifs is 1. The van der Waals surface area contributed by atoms with Gasteiger partial charge in [-0.3, -0.25) is 4.79 Å². The van der Waals surface area contributed by atoms with Crippen molar-refractivity contribution in [1.82, 2.24) is 0 Å². The van der Waals surface area contributed by atoms with Crippen molar-refractivity contribution < 1.29 is 14.3 Å². The standard InChI is InChI=1S/C15H22O3/c1-14(2)7-8-15(3)6-5-11(16)12(10(15)9-14)13(17)18-4/h5-9H2,1-4H3/t15-/m0/s1. The van der Waals surface area contributed by atoms with E-state index in [4.69, 9.17) is 4.74 Å². The average Bonchev–Trinajstić information content (AvgIpc) is 2.30. The molecule has 0 aromatic carbocycles. The van der Waals surface area contributed by atoms with Gasteiger partial charge in [-0.25, -0.2) is 4.79 Å². The van der Waals surface area contributed by atoms with Crippen molar-refractivity contribution in [3.05, 3.63) is 11.1 Å². The lowest BCUT2D eigenvalue weighted by atomic mass is 9.58. The molecule has 1 atom stereocenters. The summed E-state index contributed by atoms with van der Waals surface area (Å²) in [6.45, 7) is 6.59. The van der Waals surface area contributed by atoms with E-state index >= 15 is 0 Å². The highest BCUT2D eigenvalue weighted by Crippen LogP contribution is 2.54. The van der Waals surface area contributed by atoms with Crippen molar-refractivity contribution in [3.8, 4) is 0 Å². The second-order valence-corrected chi connectivity index (χ2v) is 6.67. The molecule has 2 rings (SSSR count). The zero-order valence-electron chi connectivity index (χ0n) is 11.8. The van der Waals surface area contributed by atoms with Crippen LogP contribution in [0.4, 0.5) is 0 Å². The summed E-state index contributed by atoms with van der Waals surface area (Å²) in [5.74, 6) is -0.481. The molecule has 0 aliphatic heterocycles. The van der Waals surface area contributed by atoms with E-state index in [9.17, 15) is 9.59 Å². The highest BCUT2D eigenvalue weighted by Gasteiger charge is 2.45. The summed E-state index contributed by atoms with van der Waals surface area (Å²) in [5, 5.41) is 0. The quantitative estimate of drug-likeness (QED) is 0.530. The molecular formula is C15H22O3. The zero-order chi connectivity index (χ0) is 13.6. The molecule has 1 saturated carbocycles. The van der Waals surface area contributed by atoms with Gasteiger partial charge in [0.05, 0.1) is 7.11 Å². The number of ether oxygens (including phenoxy) is 1. The van der Waals surface area contributed by atoms with Gasteiger partial charge in [-0.15, -0.1) is 0 Å². The summed E-state index contributed by atoms with van der Waals surface area (Å²) < 4.78 is 4.80. The Bertz CT molecular complexity index is 431. The molecule has 2 aliphatic carbocycles. The predicted molar refractivity (Wildman–Crippen MR) is 69.0 cm³/mol. The van der Waals surface area contributed by atoms with Crippen molar-refractivity contribution in [3.63, 3.8) is 0 Å².